The van der Waals surface area contributed by atoms with Gasteiger partial charge in [0.2, 0.25) is 11.5 Å². The van der Waals surface area contributed by atoms with E-state index in [2.05, 4.69) is 0 Å². The zero-order chi connectivity index (χ0) is 21.3. The number of ether oxygens (including phenoxy) is 3. The molecule has 0 saturated heterocycles. The number of rotatable bonds is 4. The molecule has 4 rings (SSSR count). The number of carbonyl (C=O) groups excluding carboxylic acids is 2. The molecule has 156 valence electrons. The zero-order valence-corrected chi connectivity index (χ0v) is 17.5. The van der Waals surface area contributed by atoms with Crippen molar-refractivity contribution >= 4 is 11.8 Å². The van der Waals surface area contributed by atoms with Crippen LogP contribution in [0.25, 0.3) is 0 Å². The SMILES string of the molecule is Cc1cccc(C(=O)OC2CCC3C(=O)C(Oc4cc(C)ccc4C)=COC3C2)c1. The third kappa shape index (κ3) is 4.25. The van der Waals surface area contributed by atoms with Crippen LogP contribution in [-0.2, 0) is 14.3 Å². The second-order valence-corrected chi connectivity index (χ2v) is 8.21. The first kappa shape index (κ1) is 20.2. The number of Topliss-reactive ketones (excluding diaryl/α,β-unsaturated/α-hetero) is 1. The van der Waals surface area contributed by atoms with Crippen molar-refractivity contribution < 1.29 is 23.8 Å². The molecule has 5 heteroatoms. The minimum absolute atomic E-state index is 0.0457. The molecular weight excluding hydrogens is 380 g/mol. The minimum Gasteiger partial charge on any atom is -0.493 e. The lowest BCUT2D eigenvalue weighted by Gasteiger charge is -2.36. The third-order valence-electron chi connectivity index (χ3n) is 5.76. The second-order valence-electron chi connectivity index (χ2n) is 8.21. The summed E-state index contributed by atoms with van der Waals surface area (Å²) in [5.74, 6) is 0.246. The van der Waals surface area contributed by atoms with Crippen LogP contribution < -0.4 is 4.74 Å². The summed E-state index contributed by atoms with van der Waals surface area (Å²) in [5, 5.41) is 0. The van der Waals surface area contributed by atoms with Crippen molar-refractivity contribution in [2.45, 2.75) is 52.2 Å². The number of fused-ring (bicyclic) bond motifs is 1. The van der Waals surface area contributed by atoms with Crippen LogP contribution in [0.1, 0.15) is 46.3 Å². The van der Waals surface area contributed by atoms with Gasteiger partial charge in [0.05, 0.1) is 11.5 Å². The van der Waals surface area contributed by atoms with Gasteiger partial charge in [-0.05, 0) is 62.9 Å². The van der Waals surface area contributed by atoms with Crippen molar-refractivity contribution in [2.24, 2.45) is 5.92 Å². The maximum Gasteiger partial charge on any atom is 0.338 e. The summed E-state index contributed by atoms with van der Waals surface area (Å²) >= 11 is 0. The van der Waals surface area contributed by atoms with Crippen LogP contribution in [0.2, 0.25) is 0 Å². The summed E-state index contributed by atoms with van der Waals surface area (Å²) in [6.07, 6.45) is 2.58. The van der Waals surface area contributed by atoms with Crippen molar-refractivity contribution in [3.63, 3.8) is 0 Å². The molecule has 3 unspecified atom stereocenters. The highest BCUT2D eigenvalue weighted by molar-refractivity contribution is 5.96. The van der Waals surface area contributed by atoms with Gasteiger partial charge in [-0.1, -0.05) is 29.8 Å². The molecule has 1 heterocycles. The highest BCUT2D eigenvalue weighted by atomic mass is 16.6. The number of esters is 1. The molecule has 0 amide bonds. The van der Waals surface area contributed by atoms with Crippen molar-refractivity contribution in [3.05, 3.63) is 76.7 Å². The Balaban J connectivity index is 1.41. The van der Waals surface area contributed by atoms with Gasteiger partial charge in [0.25, 0.3) is 0 Å². The summed E-state index contributed by atoms with van der Waals surface area (Å²) in [7, 11) is 0. The van der Waals surface area contributed by atoms with Crippen molar-refractivity contribution in [1.29, 1.82) is 0 Å². The van der Waals surface area contributed by atoms with Gasteiger partial charge in [0.15, 0.2) is 0 Å². The number of ketones is 1. The second kappa shape index (κ2) is 8.34. The fourth-order valence-electron chi connectivity index (χ4n) is 4.04. The third-order valence-corrected chi connectivity index (χ3v) is 5.76. The normalized spacial score (nSPS) is 23.1. The lowest BCUT2D eigenvalue weighted by atomic mass is 9.80. The smallest absolute Gasteiger partial charge is 0.338 e. The van der Waals surface area contributed by atoms with E-state index in [9.17, 15) is 9.59 Å². The minimum atomic E-state index is -0.334. The number of benzene rings is 2. The molecular formula is C25H26O5. The maximum absolute atomic E-state index is 13.0. The Labute approximate surface area is 176 Å². The Morgan fingerprint density at radius 1 is 1.03 bits per heavy atom. The molecule has 1 aliphatic heterocycles. The molecule has 2 aromatic rings. The lowest BCUT2D eigenvalue weighted by molar-refractivity contribution is -0.132. The number of hydrogen-bond donors (Lipinski definition) is 0. The molecule has 0 aromatic heterocycles. The van der Waals surface area contributed by atoms with Crippen LogP contribution in [0.15, 0.2) is 54.5 Å². The quantitative estimate of drug-likeness (QED) is 0.681. The molecule has 1 saturated carbocycles. The fraction of sp³-hybridized carbons (Fsp3) is 0.360. The Morgan fingerprint density at radius 3 is 2.63 bits per heavy atom. The molecule has 2 aliphatic rings. The van der Waals surface area contributed by atoms with E-state index in [-0.39, 0.29) is 35.6 Å². The standard InChI is InChI=1S/C25H26O5/c1-15-5-4-6-18(11-15)25(27)29-19-9-10-20-22(13-19)28-14-23(24(20)26)30-21-12-16(2)7-8-17(21)3/h4-8,11-12,14,19-20,22H,9-10,13H2,1-3H3. The van der Waals surface area contributed by atoms with Crippen molar-refractivity contribution in [1.82, 2.24) is 0 Å². The molecule has 2 aromatic carbocycles. The lowest BCUT2D eigenvalue weighted by Crippen LogP contribution is -2.43. The average molecular weight is 406 g/mol. The van der Waals surface area contributed by atoms with Gasteiger partial charge >= 0.3 is 5.97 Å². The van der Waals surface area contributed by atoms with Crippen LogP contribution in [-0.4, -0.2) is 24.0 Å². The molecule has 3 atom stereocenters. The van der Waals surface area contributed by atoms with Gasteiger partial charge in [-0.3, -0.25) is 4.79 Å². The van der Waals surface area contributed by atoms with E-state index in [0.29, 0.717) is 30.6 Å². The van der Waals surface area contributed by atoms with Crippen LogP contribution in [0.5, 0.6) is 5.75 Å². The fourth-order valence-corrected chi connectivity index (χ4v) is 4.04. The van der Waals surface area contributed by atoms with Crippen molar-refractivity contribution in [3.8, 4) is 5.75 Å². The predicted molar refractivity (Wildman–Crippen MR) is 112 cm³/mol. The van der Waals surface area contributed by atoms with E-state index >= 15 is 0 Å². The summed E-state index contributed by atoms with van der Waals surface area (Å²) in [6.45, 7) is 5.86. The van der Waals surface area contributed by atoms with Gasteiger partial charge in [-0.15, -0.1) is 0 Å². The first-order valence-corrected chi connectivity index (χ1v) is 10.3. The summed E-state index contributed by atoms with van der Waals surface area (Å²) in [5.41, 5.74) is 3.58. The summed E-state index contributed by atoms with van der Waals surface area (Å²) < 4.78 is 17.4. The molecule has 1 aliphatic carbocycles. The van der Waals surface area contributed by atoms with Crippen LogP contribution >= 0.6 is 0 Å². The van der Waals surface area contributed by atoms with Gasteiger partial charge < -0.3 is 14.2 Å². The van der Waals surface area contributed by atoms with Gasteiger partial charge in [0.1, 0.15) is 24.2 Å². The Kier molecular flexibility index (Phi) is 5.62. The van der Waals surface area contributed by atoms with Gasteiger partial charge in [-0.2, -0.15) is 0 Å². The Bertz CT molecular complexity index is 1010. The van der Waals surface area contributed by atoms with Crippen LogP contribution in [0, 0.1) is 26.7 Å². The van der Waals surface area contributed by atoms with E-state index in [4.69, 9.17) is 14.2 Å². The first-order chi connectivity index (χ1) is 14.4. The van der Waals surface area contributed by atoms with E-state index < -0.39 is 0 Å². The topological polar surface area (TPSA) is 61.8 Å². The Morgan fingerprint density at radius 2 is 1.83 bits per heavy atom. The monoisotopic (exact) mass is 406 g/mol. The molecule has 30 heavy (non-hydrogen) atoms. The van der Waals surface area contributed by atoms with Crippen LogP contribution in [0.3, 0.4) is 0 Å². The van der Waals surface area contributed by atoms with Crippen molar-refractivity contribution in [2.75, 3.05) is 0 Å². The number of carbonyl (C=O) groups is 2. The molecule has 0 N–H and O–H groups in total. The van der Waals surface area contributed by atoms with E-state index in [1.54, 1.807) is 6.07 Å². The van der Waals surface area contributed by atoms with E-state index in [1.165, 1.54) is 6.26 Å². The Hall–Kier alpha value is -3.08. The average Bonchev–Trinajstić information content (AvgIpc) is 2.72. The summed E-state index contributed by atoms with van der Waals surface area (Å²) in [4.78, 5) is 25.4. The highest BCUT2D eigenvalue weighted by Crippen LogP contribution is 2.36. The number of hydrogen-bond acceptors (Lipinski definition) is 5. The molecule has 0 radical (unpaired) electrons. The van der Waals surface area contributed by atoms with Gasteiger partial charge in [-0.25, -0.2) is 4.79 Å². The number of aryl methyl sites for hydroxylation is 3. The van der Waals surface area contributed by atoms with E-state index in [1.807, 2.05) is 57.2 Å². The molecule has 0 bridgehead atoms. The maximum atomic E-state index is 13.0. The first-order valence-electron chi connectivity index (χ1n) is 10.3. The zero-order valence-electron chi connectivity index (χ0n) is 17.5. The molecule has 5 nitrogen and oxygen atoms in total. The van der Waals surface area contributed by atoms with Gasteiger partial charge in [0, 0.05) is 6.42 Å². The van der Waals surface area contributed by atoms with E-state index in [0.717, 1.165) is 16.7 Å². The highest BCUT2D eigenvalue weighted by Gasteiger charge is 2.42. The molecule has 0 spiro atoms. The van der Waals surface area contributed by atoms with Crippen LogP contribution in [0.4, 0.5) is 0 Å². The number of allylic oxidation sites excluding steroid dienone is 1. The summed E-state index contributed by atoms with van der Waals surface area (Å²) in [6, 6.07) is 13.2. The predicted octanol–water partition coefficient (Wildman–Crippen LogP) is 4.83. The molecule has 1 fully saturated rings. The largest absolute Gasteiger partial charge is 0.493 e.